The van der Waals surface area contributed by atoms with Gasteiger partial charge in [0.2, 0.25) is 0 Å². The number of halogens is 3. The molecular weight excluding hydrogens is 395 g/mol. The molecule has 3 rings (SSSR count). The fourth-order valence-electron chi connectivity index (χ4n) is 3.32. The van der Waals surface area contributed by atoms with Crippen LogP contribution < -0.4 is 10.5 Å². The number of hydrogen-bond donors (Lipinski definition) is 1. The summed E-state index contributed by atoms with van der Waals surface area (Å²) in [5.41, 5.74) is 6.42. The van der Waals surface area contributed by atoms with Gasteiger partial charge >= 0.3 is 6.61 Å². The molecule has 0 spiro atoms. The predicted molar refractivity (Wildman–Crippen MR) is 107 cm³/mol. The van der Waals surface area contributed by atoms with E-state index in [9.17, 15) is 18.0 Å². The van der Waals surface area contributed by atoms with E-state index in [0.717, 1.165) is 0 Å². The third-order valence-electron chi connectivity index (χ3n) is 4.78. The monoisotopic (exact) mass is 415 g/mol. The quantitative estimate of drug-likeness (QED) is 0.762. The minimum Gasteiger partial charge on any atom is -0.435 e. The maximum atomic E-state index is 13.3. The van der Waals surface area contributed by atoms with Crippen LogP contribution in [0.15, 0.2) is 47.5 Å². The van der Waals surface area contributed by atoms with Crippen LogP contribution in [0.4, 0.5) is 13.2 Å². The average molecular weight is 415 g/mol. The molecule has 8 heteroatoms. The normalized spacial score (nSPS) is 18.3. The number of aryl methyl sites for hydroxylation is 1. The molecule has 2 N–H and O–H groups in total. The Labute approximate surface area is 172 Å². The van der Waals surface area contributed by atoms with Gasteiger partial charge in [0.1, 0.15) is 12.4 Å². The van der Waals surface area contributed by atoms with E-state index in [0.29, 0.717) is 22.3 Å². The van der Waals surface area contributed by atoms with Crippen LogP contribution in [0.5, 0.6) is 5.75 Å². The summed E-state index contributed by atoms with van der Waals surface area (Å²) in [6.45, 7) is -1.91. The smallest absolute Gasteiger partial charge is 0.387 e. The Kier molecular flexibility index (Phi) is 6.01. The fourth-order valence-corrected chi connectivity index (χ4v) is 3.32. The number of benzene rings is 2. The summed E-state index contributed by atoms with van der Waals surface area (Å²) >= 11 is 0. The van der Waals surface area contributed by atoms with Gasteiger partial charge in [0, 0.05) is 19.0 Å². The predicted octanol–water partition coefficient (Wildman–Crippen LogP) is 3.34. The molecular formula is C22H20F3N3O2. The lowest BCUT2D eigenvalue weighted by atomic mass is 9.81. The van der Waals surface area contributed by atoms with Crippen LogP contribution in [0.25, 0.3) is 0 Å². The molecule has 2 aromatic rings. The zero-order valence-electron chi connectivity index (χ0n) is 16.5. The van der Waals surface area contributed by atoms with Crippen molar-refractivity contribution in [2.75, 3.05) is 13.7 Å². The Balaban J connectivity index is 2.16. The average Bonchev–Trinajstić information content (AvgIpc) is 2.94. The Morgan fingerprint density at radius 2 is 1.97 bits per heavy atom. The number of likely N-dealkylation sites (N-methyl/N-ethyl adjacent to an activating group) is 1. The fraction of sp³-hybridized carbons (Fsp3) is 0.273. The van der Waals surface area contributed by atoms with Crippen molar-refractivity contribution in [3.05, 3.63) is 64.7 Å². The van der Waals surface area contributed by atoms with Crippen LogP contribution in [-0.2, 0) is 10.3 Å². The number of carbonyl (C=O) groups is 1. The first-order valence-electron chi connectivity index (χ1n) is 9.14. The molecule has 1 amide bonds. The number of rotatable bonds is 5. The summed E-state index contributed by atoms with van der Waals surface area (Å²) in [6.07, 6.45) is 0.104. The number of carbonyl (C=O) groups excluding carboxylic acids is 1. The molecule has 0 fully saturated rings. The molecule has 2 aromatic carbocycles. The van der Waals surface area contributed by atoms with E-state index < -0.39 is 24.7 Å². The molecule has 1 unspecified atom stereocenters. The van der Waals surface area contributed by atoms with Crippen molar-refractivity contribution in [3.8, 4) is 17.6 Å². The molecule has 5 nitrogen and oxygen atoms in total. The first-order chi connectivity index (χ1) is 14.3. The lowest BCUT2D eigenvalue weighted by Gasteiger charge is -2.27. The number of alkyl halides is 3. The second-order valence-corrected chi connectivity index (χ2v) is 6.72. The first-order valence-corrected chi connectivity index (χ1v) is 9.14. The lowest BCUT2D eigenvalue weighted by Crippen LogP contribution is -2.41. The number of amides is 1. The number of hydrogen-bond acceptors (Lipinski definition) is 4. The third kappa shape index (κ3) is 3.83. The molecule has 0 aromatic heterocycles. The van der Waals surface area contributed by atoms with Crippen molar-refractivity contribution in [2.45, 2.75) is 25.5 Å². The Morgan fingerprint density at radius 1 is 1.23 bits per heavy atom. The van der Waals surface area contributed by atoms with Gasteiger partial charge in [-0.3, -0.25) is 14.1 Å². The maximum Gasteiger partial charge on any atom is 0.387 e. The molecule has 30 heavy (non-hydrogen) atoms. The van der Waals surface area contributed by atoms with Gasteiger partial charge in [-0.15, -0.1) is 0 Å². The van der Waals surface area contributed by atoms with Crippen molar-refractivity contribution < 1.29 is 22.7 Å². The highest BCUT2D eigenvalue weighted by molar-refractivity contribution is 6.09. The van der Waals surface area contributed by atoms with Crippen molar-refractivity contribution in [2.24, 2.45) is 10.7 Å². The Bertz CT molecular complexity index is 1060. The second kappa shape index (κ2) is 8.49. The van der Waals surface area contributed by atoms with Crippen LogP contribution in [0, 0.1) is 18.8 Å². The topological polar surface area (TPSA) is 67.9 Å². The largest absolute Gasteiger partial charge is 0.435 e. The summed E-state index contributed by atoms with van der Waals surface area (Å²) in [6, 6.07) is 11.3. The molecule has 0 saturated carbocycles. The maximum absolute atomic E-state index is 13.3. The number of nitrogens with two attached hydrogens (primary N) is 1. The van der Waals surface area contributed by atoms with Gasteiger partial charge in [-0.1, -0.05) is 30.0 Å². The third-order valence-corrected chi connectivity index (χ3v) is 4.78. The van der Waals surface area contributed by atoms with E-state index >= 15 is 0 Å². The van der Waals surface area contributed by atoms with Crippen molar-refractivity contribution in [1.82, 2.24) is 4.90 Å². The molecule has 0 saturated heterocycles. The lowest BCUT2D eigenvalue weighted by molar-refractivity contribution is -0.129. The van der Waals surface area contributed by atoms with Gasteiger partial charge < -0.3 is 10.5 Å². The van der Waals surface area contributed by atoms with Gasteiger partial charge in [0.15, 0.2) is 11.5 Å². The van der Waals surface area contributed by atoms with Gasteiger partial charge in [-0.05, 0) is 47.9 Å². The molecule has 1 heterocycles. The van der Waals surface area contributed by atoms with E-state index in [4.69, 9.17) is 5.73 Å². The zero-order valence-corrected chi connectivity index (χ0v) is 16.5. The summed E-state index contributed by atoms with van der Waals surface area (Å²) in [5.74, 6) is 5.22. The number of guanidine groups is 1. The van der Waals surface area contributed by atoms with Crippen molar-refractivity contribution >= 4 is 11.9 Å². The van der Waals surface area contributed by atoms with Crippen LogP contribution in [0.3, 0.4) is 0 Å². The Morgan fingerprint density at radius 3 is 2.57 bits per heavy atom. The van der Waals surface area contributed by atoms with E-state index in [-0.39, 0.29) is 18.1 Å². The van der Waals surface area contributed by atoms with E-state index in [1.54, 1.807) is 37.3 Å². The molecule has 1 aliphatic heterocycles. The summed E-state index contributed by atoms with van der Waals surface area (Å²) < 4.78 is 42.1. The molecule has 1 aliphatic rings. The van der Waals surface area contributed by atoms with Crippen molar-refractivity contribution in [3.63, 3.8) is 0 Å². The number of aliphatic imine (C=N–C) groups is 1. The number of ether oxygens (including phenoxy) is 1. The van der Waals surface area contributed by atoms with Gasteiger partial charge in [-0.2, -0.15) is 8.78 Å². The van der Waals surface area contributed by atoms with Crippen LogP contribution in [-0.4, -0.2) is 37.1 Å². The summed E-state index contributed by atoms with van der Waals surface area (Å²) in [4.78, 5) is 19.0. The second-order valence-electron chi connectivity index (χ2n) is 6.72. The number of nitrogens with zero attached hydrogens (tertiary/aromatic N) is 2. The standard InChI is InChI=1S/C22H20F3N3O2/c1-14-12-17(9-10-18(14)30-20(24)25)22(19(29)28(2)21(26)27-22)16-8-5-7-15(13-16)6-3-4-11-23/h5,7-10,12-13,20H,4,11H2,1-2H3,(H2,26,27). The summed E-state index contributed by atoms with van der Waals surface area (Å²) in [5, 5.41) is 0. The van der Waals surface area contributed by atoms with Crippen LogP contribution >= 0.6 is 0 Å². The Hall–Kier alpha value is -3.47. The van der Waals surface area contributed by atoms with Gasteiger partial charge in [0.05, 0.1) is 0 Å². The highest BCUT2D eigenvalue weighted by Gasteiger charge is 2.49. The van der Waals surface area contributed by atoms with E-state index in [1.165, 1.54) is 24.1 Å². The highest BCUT2D eigenvalue weighted by Crippen LogP contribution is 2.41. The van der Waals surface area contributed by atoms with Crippen LogP contribution in [0.2, 0.25) is 0 Å². The molecule has 0 aliphatic carbocycles. The molecule has 1 atom stereocenters. The van der Waals surface area contributed by atoms with Crippen molar-refractivity contribution in [1.29, 1.82) is 0 Å². The SMILES string of the molecule is Cc1cc(C2(c3cccc(C#CCCF)c3)N=C(N)N(C)C2=O)ccc1OC(F)F. The molecule has 0 bridgehead atoms. The minimum absolute atomic E-state index is 0.00509. The minimum atomic E-state index is -2.96. The first kappa shape index (κ1) is 21.2. The molecule has 0 radical (unpaired) electrons. The van der Waals surface area contributed by atoms with E-state index in [1.807, 2.05) is 0 Å². The summed E-state index contributed by atoms with van der Waals surface area (Å²) in [7, 11) is 1.51. The van der Waals surface area contributed by atoms with Crippen LogP contribution in [0.1, 0.15) is 28.7 Å². The molecule has 156 valence electrons. The van der Waals surface area contributed by atoms with Gasteiger partial charge in [-0.25, -0.2) is 4.99 Å². The zero-order chi connectivity index (χ0) is 21.9. The highest BCUT2D eigenvalue weighted by atomic mass is 19.3. The van der Waals surface area contributed by atoms with E-state index in [2.05, 4.69) is 21.6 Å². The van der Waals surface area contributed by atoms with Gasteiger partial charge in [0.25, 0.3) is 5.91 Å².